The van der Waals surface area contributed by atoms with Gasteiger partial charge >= 0.3 is 0 Å². The second kappa shape index (κ2) is 6.41. The van der Waals surface area contributed by atoms with Crippen LogP contribution < -0.4 is 0 Å². The molecule has 11 heavy (non-hydrogen) atoms. The lowest BCUT2D eigenvalue weighted by atomic mass is 9.92. The molecule has 65 valence electrons. The van der Waals surface area contributed by atoms with Crippen molar-refractivity contribution in [1.29, 1.82) is 0 Å². The van der Waals surface area contributed by atoms with Crippen LogP contribution >= 0.6 is 0 Å². The van der Waals surface area contributed by atoms with Crippen LogP contribution in [0.4, 0.5) is 0 Å². The second-order valence-electron chi connectivity index (χ2n) is 3.02. The van der Waals surface area contributed by atoms with Crippen LogP contribution in [-0.2, 0) is 0 Å². The summed E-state index contributed by atoms with van der Waals surface area (Å²) >= 11 is 0. The Labute approximate surface area is 70.1 Å². The van der Waals surface area contributed by atoms with Crippen LogP contribution in [0.3, 0.4) is 0 Å². The lowest BCUT2D eigenvalue weighted by Crippen LogP contribution is -2.17. The van der Waals surface area contributed by atoms with Crippen molar-refractivity contribution in [3.63, 3.8) is 0 Å². The molecule has 1 unspecified atom stereocenters. The molecule has 1 atom stereocenters. The van der Waals surface area contributed by atoms with Crippen molar-refractivity contribution in [3.8, 4) is 0 Å². The van der Waals surface area contributed by atoms with Crippen molar-refractivity contribution in [2.45, 2.75) is 45.6 Å². The average Bonchev–Trinajstić information content (AvgIpc) is 2.03. The number of aliphatic hydroxyl groups is 1. The molecular weight excluding hydrogens is 136 g/mol. The lowest BCUT2D eigenvalue weighted by molar-refractivity contribution is 0.139. The molecule has 0 spiro atoms. The van der Waals surface area contributed by atoms with Crippen molar-refractivity contribution in [2.24, 2.45) is 5.92 Å². The Morgan fingerprint density at radius 1 is 1.27 bits per heavy atom. The zero-order chi connectivity index (χ0) is 8.69. The Hall–Kier alpha value is -0.300. The van der Waals surface area contributed by atoms with Crippen molar-refractivity contribution in [3.05, 3.63) is 12.7 Å². The molecule has 0 rings (SSSR count). The molecule has 0 aromatic heterocycles. The molecule has 1 nitrogen and oxygen atoms in total. The van der Waals surface area contributed by atoms with Crippen molar-refractivity contribution in [1.82, 2.24) is 0 Å². The van der Waals surface area contributed by atoms with E-state index in [1.165, 1.54) is 6.08 Å². The van der Waals surface area contributed by atoms with Crippen LogP contribution in [0, 0.1) is 12.5 Å². The van der Waals surface area contributed by atoms with Gasteiger partial charge in [0.05, 0.1) is 6.10 Å². The first kappa shape index (κ1) is 10.7. The van der Waals surface area contributed by atoms with Gasteiger partial charge in [0.15, 0.2) is 0 Å². The SMILES string of the molecule is [CH]=CC(O)C(CCC)CCC. The average molecular weight is 155 g/mol. The van der Waals surface area contributed by atoms with E-state index in [1.54, 1.807) is 0 Å². The fourth-order valence-electron chi connectivity index (χ4n) is 1.38. The van der Waals surface area contributed by atoms with E-state index in [9.17, 15) is 5.11 Å². The van der Waals surface area contributed by atoms with Crippen LogP contribution in [-0.4, -0.2) is 11.2 Å². The highest BCUT2D eigenvalue weighted by Crippen LogP contribution is 2.17. The molecule has 0 aliphatic rings. The van der Waals surface area contributed by atoms with Crippen molar-refractivity contribution >= 4 is 0 Å². The lowest BCUT2D eigenvalue weighted by Gasteiger charge is -2.18. The van der Waals surface area contributed by atoms with Gasteiger partial charge in [-0.15, -0.1) is 0 Å². The quantitative estimate of drug-likeness (QED) is 0.625. The summed E-state index contributed by atoms with van der Waals surface area (Å²) in [5.41, 5.74) is 0. The minimum Gasteiger partial charge on any atom is -0.389 e. The predicted octanol–water partition coefficient (Wildman–Crippen LogP) is 2.55. The highest BCUT2D eigenvalue weighted by atomic mass is 16.3. The normalized spacial score (nSPS) is 13.5. The van der Waals surface area contributed by atoms with Crippen LogP contribution in [0.1, 0.15) is 39.5 Å². The van der Waals surface area contributed by atoms with E-state index in [2.05, 4.69) is 13.8 Å². The summed E-state index contributed by atoms with van der Waals surface area (Å²) in [5, 5.41) is 9.40. The molecule has 0 saturated carbocycles. The third kappa shape index (κ3) is 4.20. The summed E-state index contributed by atoms with van der Waals surface area (Å²) in [6, 6.07) is 0. The first-order valence-corrected chi connectivity index (χ1v) is 4.49. The molecule has 0 aromatic rings. The standard InChI is InChI=1S/C10H19O/c1-4-7-9(8-5-2)10(11)6-3/h3,6,9-11H,4-5,7-8H2,1-2H3. The van der Waals surface area contributed by atoms with Crippen LogP contribution in [0.25, 0.3) is 0 Å². The van der Waals surface area contributed by atoms with E-state index in [0.29, 0.717) is 5.92 Å². The first-order chi connectivity index (χ1) is 5.26. The minimum atomic E-state index is -0.408. The highest BCUT2D eigenvalue weighted by Gasteiger charge is 2.13. The van der Waals surface area contributed by atoms with E-state index >= 15 is 0 Å². The molecular formula is C10H19O. The van der Waals surface area contributed by atoms with Gasteiger partial charge < -0.3 is 5.11 Å². The Balaban J connectivity index is 3.75. The fourth-order valence-corrected chi connectivity index (χ4v) is 1.38. The second-order valence-corrected chi connectivity index (χ2v) is 3.02. The van der Waals surface area contributed by atoms with Crippen LogP contribution in [0.2, 0.25) is 0 Å². The summed E-state index contributed by atoms with van der Waals surface area (Å²) in [7, 11) is 0. The topological polar surface area (TPSA) is 20.2 Å². The molecule has 0 heterocycles. The fraction of sp³-hybridized carbons (Fsp3) is 0.800. The van der Waals surface area contributed by atoms with Crippen LogP contribution in [0.15, 0.2) is 6.08 Å². The third-order valence-corrected chi connectivity index (χ3v) is 2.00. The monoisotopic (exact) mass is 155 g/mol. The van der Waals surface area contributed by atoms with Gasteiger partial charge in [-0.1, -0.05) is 39.3 Å². The van der Waals surface area contributed by atoms with Gasteiger partial charge in [-0.25, -0.2) is 0 Å². The number of hydrogen-bond acceptors (Lipinski definition) is 1. The number of aliphatic hydroxyl groups excluding tert-OH is 1. The molecule has 0 aliphatic carbocycles. The molecule has 0 fully saturated rings. The maximum atomic E-state index is 9.40. The summed E-state index contributed by atoms with van der Waals surface area (Å²) in [6.45, 7) is 9.52. The zero-order valence-electron chi connectivity index (χ0n) is 7.59. The molecule has 1 heteroatoms. The van der Waals surface area contributed by atoms with Gasteiger partial charge in [0, 0.05) is 0 Å². The maximum Gasteiger partial charge on any atom is 0.0752 e. The molecule has 1 N–H and O–H groups in total. The van der Waals surface area contributed by atoms with Gasteiger partial charge in [-0.05, 0) is 18.8 Å². The Kier molecular flexibility index (Phi) is 6.24. The summed E-state index contributed by atoms with van der Waals surface area (Å²) in [6.07, 6.45) is 5.38. The summed E-state index contributed by atoms with van der Waals surface area (Å²) in [5.74, 6) is 0.370. The van der Waals surface area contributed by atoms with E-state index in [4.69, 9.17) is 6.58 Å². The summed E-state index contributed by atoms with van der Waals surface area (Å²) in [4.78, 5) is 0. The van der Waals surface area contributed by atoms with Crippen molar-refractivity contribution in [2.75, 3.05) is 0 Å². The first-order valence-electron chi connectivity index (χ1n) is 4.49. The third-order valence-electron chi connectivity index (χ3n) is 2.00. The molecule has 0 aliphatic heterocycles. The smallest absolute Gasteiger partial charge is 0.0752 e. The maximum absolute atomic E-state index is 9.40. The molecule has 0 amide bonds. The van der Waals surface area contributed by atoms with Gasteiger partial charge in [-0.3, -0.25) is 0 Å². The minimum absolute atomic E-state index is 0.370. The van der Waals surface area contributed by atoms with E-state index < -0.39 is 6.10 Å². The Bertz CT molecular complexity index is 93.0. The summed E-state index contributed by atoms with van der Waals surface area (Å²) < 4.78 is 0. The van der Waals surface area contributed by atoms with E-state index in [1.807, 2.05) is 0 Å². The highest BCUT2D eigenvalue weighted by molar-refractivity contribution is 4.81. The van der Waals surface area contributed by atoms with E-state index in [0.717, 1.165) is 25.7 Å². The van der Waals surface area contributed by atoms with Crippen LogP contribution in [0.5, 0.6) is 0 Å². The van der Waals surface area contributed by atoms with Crippen molar-refractivity contribution < 1.29 is 5.11 Å². The molecule has 1 radical (unpaired) electrons. The Morgan fingerprint density at radius 3 is 2.00 bits per heavy atom. The number of rotatable bonds is 6. The van der Waals surface area contributed by atoms with Gasteiger partial charge in [0.1, 0.15) is 0 Å². The molecule has 0 bridgehead atoms. The van der Waals surface area contributed by atoms with Gasteiger partial charge in [0.25, 0.3) is 0 Å². The molecule has 0 saturated heterocycles. The predicted molar refractivity (Wildman–Crippen MR) is 48.2 cm³/mol. The zero-order valence-corrected chi connectivity index (χ0v) is 7.59. The van der Waals surface area contributed by atoms with Gasteiger partial charge in [-0.2, -0.15) is 0 Å². The number of hydrogen-bond donors (Lipinski definition) is 1. The van der Waals surface area contributed by atoms with E-state index in [-0.39, 0.29) is 0 Å². The van der Waals surface area contributed by atoms with Gasteiger partial charge in [0.2, 0.25) is 0 Å². The largest absolute Gasteiger partial charge is 0.389 e. The molecule has 0 aromatic carbocycles. The Morgan fingerprint density at radius 2 is 1.73 bits per heavy atom.